The average molecular weight is 459 g/mol. The van der Waals surface area contributed by atoms with Gasteiger partial charge in [-0.2, -0.15) is 0 Å². The lowest BCUT2D eigenvalue weighted by atomic mass is 9.90. The first kappa shape index (κ1) is 22.7. The number of phenolic OH excluding ortho intramolecular Hbond substituents is 1. The molecule has 4 rings (SSSR count). The third kappa shape index (κ3) is 4.04. The van der Waals surface area contributed by atoms with Gasteiger partial charge in [0.1, 0.15) is 5.60 Å². The standard InChI is InChI=1S/C22H26FN5O5/c1-21(2,3)33-20(31)27-8-9-28-16-10-15(13-6-5-7-14(23)17(13)29)25-26-18(16)24-19(30)22(28,11-27)12-32-4/h5-7,10,29H,8-9,11-12H2,1-4H3,(H,24,26,30). The van der Waals surface area contributed by atoms with Gasteiger partial charge in [-0.1, -0.05) is 6.07 Å². The molecule has 11 heteroatoms. The topological polar surface area (TPSA) is 117 Å². The molecule has 2 N–H and O–H groups in total. The molecule has 176 valence electrons. The maximum atomic E-state index is 13.9. The second kappa shape index (κ2) is 8.14. The highest BCUT2D eigenvalue weighted by atomic mass is 19.1. The van der Waals surface area contributed by atoms with E-state index in [2.05, 4.69) is 15.5 Å². The molecular formula is C22H26FN5O5. The Labute approximate surface area is 190 Å². The van der Waals surface area contributed by atoms with Crippen molar-refractivity contribution >= 4 is 23.5 Å². The number of benzene rings is 1. The van der Waals surface area contributed by atoms with Gasteiger partial charge in [0.25, 0.3) is 5.91 Å². The number of aromatic hydroxyl groups is 1. The molecule has 0 bridgehead atoms. The van der Waals surface area contributed by atoms with Gasteiger partial charge < -0.3 is 29.7 Å². The second-order valence-electron chi connectivity index (χ2n) is 9.07. The Kier molecular flexibility index (Phi) is 5.61. The zero-order valence-electron chi connectivity index (χ0n) is 18.9. The van der Waals surface area contributed by atoms with Gasteiger partial charge in [0.15, 0.2) is 22.9 Å². The third-order valence-corrected chi connectivity index (χ3v) is 5.58. The van der Waals surface area contributed by atoms with Gasteiger partial charge in [-0.3, -0.25) is 4.79 Å². The van der Waals surface area contributed by atoms with E-state index in [0.717, 1.165) is 6.07 Å². The molecule has 0 aliphatic carbocycles. The third-order valence-electron chi connectivity index (χ3n) is 5.58. The lowest BCUT2D eigenvalue weighted by Crippen LogP contribution is -2.72. The van der Waals surface area contributed by atoms with Crippen molar-refractivity contribution in [3.8, 4) is 17.0 Å². The van der Waals surface area contributed by atoms with Crippen LogP contribution in [-0.2, 0) is 14.3 Å². The van der Waals surface area contributed by atoms with E-state index >= 15 is 0 Å². The van der Waals surface area contributed by atoms with Crippen molar-refractivity contribution in [2.24, 2.45) is 0 Å². The van der Waals surface area contributed by atoms with Gasteiger partial charge in [-0.15, -0.1) is 10.2 Å². The van der Waals surface area contributed by atoms with E-state index in [1.54, 1.807) is 26.8 Å². The summed E-state index contributed by atoms with van der Waals surface area (Å²) in [4.78, 5) is 29.3. The van der Waals surface area contributed by atoms with Crippen LogP contribution in [0.3, 0.4) is 0 Å². The molecule has 1 aromatic heterocycles. The van der Waals surface area contributed by atoms with Gasteiger partial charge in [-0.25, -0.2) is 9.18 Å². The van der Waals surface area contributed by atoms with Crippen LogP contribution in [-0.4, -0.2) is 76.7 Å². The molecule has 2 aliphatic heterocycles. The summed E-state index contributed by atoms with van der Waals surface area (Å²) in [5.41, 5.74) is -0.971. The molecule has 2 aromatic rings. The molecule has 0 radical (unpaired) electrons. The normalized spacial score (nSPS) is 20.1. The SMILES string of the molecule is COCC12CN(C(=O)OC(C)(C)C)CCN1c1cc(-c3cccc(F)c3O)nnc1NC2=O. The number of carbonyl (C=O) groups is 2. The molecule has 2 aliphatic rings. The van der Waals surface area contributed by atoms with Crippen LogP contribution in [0.25, 0.3) is 11.3 Å². The first-order chi connectivity index (χ1) is 15.6. The Morgan fingerprint density at radius 2 is 2.06 bits per heavy atom. The van der Waals surface area contributed by atoms with E-state index in [1.165, 1.54) is 24.1 Å². The number of hydrogen-bond acceptors (Lipinski definition) is 8. The van der Waals surface area contributed by atoms with Gasteiger partial charge in [0.2, 0.25) is 0 Å². The van der Waals surface area contributed by atoms with E-state index in [-0.39, 0.29) is 36.1 Å². The van der Waals surface area contributed by atoms with Crippen LogP contribution in [0, 0.1) is 5.82 Å². The second-order valence-corrected chi connectivity index (χ2v) is 9.07. The lowest BCUT2D eigenvalue weighted by molar-refractivity contribution is -0.125. The van der Waals surface area contributed by atoms with Crippen LogP contribution in [0.4, 0.5) is 20.7 Å². The van der Waals surface area contributed by atoms with E-state index in [4.69, 9.17) is 9.47 Å². The maximum Gasteiger partial charge on any atom is 0.410 e. The number of carbonyl (C=O) groups excluding carboxylic acids is 2. The number of amides is 2. The molecule has 1 saturated heterocycles. The Balaban J connectivity index is 1.74. The van der Waals surface area contributed by atoms with E-state index in [0.29, 0.717) is 18.8 Å². The monoisotopic (exact) mass is 459 g/mol. The molecular weight excluding hydrogens is 433 g/mol. The lowest BCUT2D eigenvalue weighted by Gasteiger charge is -2.52. The van der Waals surface area contributed by atoms with E-state index in [1.807, 2.05) is 4.90 Å². The van der Waals surface area contributed by atoms with Gasteiger partial charge >= 0.3 is 6.09 Å². The molecule has 1 unspecified atom stereocenters. The van der Waals surface area contributed by atoms with Crippen LogP contribution in [0.2, 0.25) is 0 Å². The maximum absolute atomic E-state index is 13.9. The Bertz CT molecular complexity index is 1110. The predicted molar refractivity (Wildman–Crippen MR) is 117 cm³/mol. The number of anilines is 2. The summed E-state index contributed by atoms with van der Waals surface area (Å²) in [6.07, 6.45) is -0.519. The Morgan fingerprint density at radius 3 is 2.76 bits per heavy atom. The summed E-state index contributed by atoms with van der Waals surface area (Å²) >= 11 is 0. The zero-order chi connectivity index (χ0) is 24.0. The highest BCUT2D eigenvalue weighted by Gasteiger charge is 2.53. The fourth-order valence-electron chi connectivity index (χ4n) is 4.12. The first-order valence-electron chi connectivity index (χ1n) is 10.5. The van der Waals surface area contributed by atoms with Crippen molar-refractivity contribution < 1.29 is 28.6 Å². The van der Waals surface area contributed by atoms with Crippen molar-refractivity contribution in [2.45, 2.75) is 31.9 Å². The molecule has 1 atom stereocenters. The highest BCUT2D eigenvalue weighted by molar-refractivity contribution is 6.06. The molecule has 1 fully saturated rings. The Morgan fingerprint density at radius 1 is 1.30 bits per heavy atom. The van der Waals surface area contributed by atoms with E-state index in [9.17, 15) is 19.1 Å². The summed E-state index contributed by atoms with van der Waals surface area (Å²) in [6, 6.07) is 5.76. The van der Waals surface area contributed by atoms with Crippen molar-refractivity contribution in [2.75, 3.05) is 43.6 Å². The molecule has 2 amide bonds. The van der Waals surface area contributed by atoms with Crippen LogP contribution in [0.15, 0.2) is 24.3 Å². The summed E-state index contributed by atoms with van der Waals surface area (Å²) in [5.74, 6) is -1.47. The number of nitrogens with zero attached hydrogens (tertiary/aromatic N) is 4. The number of ether oxygens (including phenoxy) is 2. The van der Waals surface area contributed by atoms with Crippen molar-refractivity contribution in [3.63, 3.8) is 0 Å². The molecule has 1 aromatic carbocycles. The number of aromatic nitrogens is 2. The zero-order valence-corrected chi connectivity index (χ0v) is 18.9. The molecule has 0 spiro atoms. The number of phenols is 1. The van der Waals surface area contributed by atoms with Gasteiger partial charge in [0, 0.05) is 25.8 Å². The smallest absolute Gasteiger partial charge is 0.410 e. The van der Waals surface area contributed by atoms with Gasteiger partial charge in [0.05, 0.1) is 24.5 Å². The van der Waals surface area contributed by atoms with Crippen LogP contribution in [0.1, 0.15) is 20.8 Å². The molecule has 0 saturated carbocycles. The summed E-state index contributed by atoms with van der Waals surface area (Å²) < 4.78 is 24.8. The molecule has 33 heavy (non-hydrogen) atoms. The highest BCUT2D eigenvalue weighted by Crippen LogP contribution is 2.41. The first-order valence-corrected chi connectivity index (χ1v) is 10.5. The fourth-order valence-corrected chi connectivity index (χ4v) is 4.12. The number of para-hydroxylation sites is 1. The Hall–Kier alpha value is -3.47. The van der Waals surface area contributed by atoms with Crippen molar-refractivity contribution in [3.05, 3.63) is 30.1 Å². The quantitative estimate of drug-likeness (QED) is 0.719. The molecule has 3 heterocycles. The number of methoxy groups -OCH3 is 1. The molecule has 10 nitrogen and oxygen atoms in total. The largest absolute Gasteiger partial charge is 0.504 e. The summed E-state index contributed by atoms with van der Waals surface area (Å²) in [7, 11) is 1.48. The van der Waals surface area contributed by atoms with Crippen molar-refractivity contribution in [1.82, 2.24) is 15.1 Å². The minimum atomic E-state index is -1.23. The number of piperazine rings is 1. The summed E-state index contributed by atoms with van der Waals surface area (Å²) in [5, 5.41) is 21.0. The minimum Gasteiger partial charge on any atom is -0.504 e. The summed E-state index contributed by atoms with van der Waals surface area (Å²) in [6.45, 7) is 5.95. The number of fused-ring (bicyclic) bond motifs is 3. The fraction of sp³-hybridized carbons (Fsp3) is 0.455. The van der Waals surface area contributed by atoms with E-state index < -0.39 is 28.8 Å². The number of nitrogens with one attached hydrogen (secondary N) is 1. The minimum absolute atomic E-state index is 0.000439. The predicted octanol–water partition coefficient (Wildman–Crippen LogP) is 2.38. The van der Waals surface area contributed by atoms with Crippen LogP contribution in [0.5, 0.6) is 5.75 Å². The van der Waals surface area contributed by atoms with Crippen LogP contribution >= 0.6 is 0 Å². The van der Waals surface area contributed by atoms with Gasteiger partial charge in [-0.05, 0) is 39.0 Å². The number of hydrogen-bond donors (Lipinski definition) is 2. The van der Waals surface area contributed by atoms with Crippen molar-refractivity contribution in [1.29, 1.82) is 0 Å². The van der Waals surface area contributed by atoms with Crippen LogP contribution < -0.4 is 10.2 Å². The number of rotatable bonds is 3. The average Bonchev–Trinajstić information content (AvgIpc) is 2.74. The number of halogens is 1.